The molecule has 4 N–H and O–H groups in total. The first-order valence-corrected chi connectivity index (χ1v) is 18.8. The molecule has 0 saturated carbocycles. The van der Waals surface area contributed by atoms with Gasteiger partial charge in [0.1, 0.15) is 11.8 Å². The smallest absolute Gasteiger partial charge is 0.410 e. The van der Waals surface area contributed by atoms with Crippen molar-refractivity contribution in [1.82, 2.24) is 20.4 Å². The number of carbonyl (C=O) groups is 2. The van der Waals surface area contributed by atoms with Crippen molar-refractivity contribution in [1.29, 1.82) is 0 Å². The van der Waals surface area contributed by atoms with Gasteiger partial charge in [0.25, 0.3) is 5.91 Å². The van der Waals surface area contributed by atoms with E-state index in [0.29, 0.717) is 17.2 Å². The van der Waals surface area contributed by atoms with Crippen LogP contribution in [0.4, 0.5) is 14.9 Å². The second-order valence-corrected chi connectivity index (χ2v) is 15.9. The number of likely N-dealkylation sites (tertiary alicyclic amines) is 2. The minimum Gasteiger partial charge on any atom is -0.444 e. The topological polar surface area (TPSA) is 106 Å². The predicted octanol–water partition coefficient (Wildman–Crippen LogP) is 6.19. The molecule has 0 aromatic heterocycles. The van der Waals surface area contributed by atoms with Crippen molar-refractivity contribution in [3.63, 3.8) is 0 Å². The van der Waals surface area contributed by atoms with Crippen molar-refractivity contribution in [2.45, 2.75) is 89.8 Å². The molecule has 278 valence electrons. The van der Waals surface area contributed by atoms with Gasteiger partial charge in [0, 0.05) is 35.8 Å². The third kappa shape index (κ3) is 9.24. The zero-order valence-corrected chi connectivity index (χ0v) is 31.2. The van der Waals surface area contributed by atoms with Crippen LogP contribution in [0.1, 0.15) is 86.5 Å². The van der Waals surface area contributed by atoms with Crippen LogP contribution in [0.15, 0.2) is 54.6 Å². The van der Waals surface area contributed by atoms with Gasteiger partial charge >= 0.3 is 6.09 Å². The number of piperidine rings is 2. The zero-order valence-electron chi connectivity index (χ0n) is 31.2. The number of nitrogens with one attached hydrogen (secondary N) is 3. The maximum absolute atomic E-state index is 15.0. The fraction of sp³-hybridized carbons (Fsp3) is 0.524. The number of hydrogen-bond donors (Lipinski definition) is 4. The lowest BCUT2D eigenvalue weighted by atomic mass is 9.89. The molecule has 6 rings (SSSR count). The van der Waals surface area contributed by atoms with Gasteiger partial charge in [-0.3, -0.25) is 4.79 Å². The van der Waals surface area contributed by atoms with E-state index in [9.17, 15) is 14.7 Å². The highest BCUT2D eigenvalue weighted by Crippen LogP contribution is 2.29. The highest BCUT2D eigenvalue weighted by atomic mass is 19.1. The predicted molar refractivity (Wildman–Crippen MR) is 204 cm³/mol. The van der Waals surface area contributed by atoms with Crippen LogP contribution in [0, 0.1) is 24.7 Å². The minimum absolute atomic E-state index is 0.0503. The second-order valence-electron chi connectivity index (χ2n) is 15.9. The van der Waals surface area contributed by atoms with Gasteiger partial charge < -0.3 is 35.6 Å². The van der Waals surface area contributed by atoms with Crippen molar-refractivity contribution >= 4 is 28.5 Å². The number of benzene rings is 3. The van der Waals surface area contributed by atoms with E-state index >= 15 is 4.39 Å². The van der Waals surface area contributed by atoms with E-state index in [2.05, 4.69) is 57.0 Å². The number of ether oxygens (including phenoxy) is 1. The van der Waals surface area contributed by atoms with Crippen LogP contribution in [0.2, 0.25) is 0 Å². The van der Waals surface area contributed by atoms with Gasteiger partial charge in [-0.05, 0) is 127 Å². The Morgan fingerprint density at radius 3 is 2.48 bits per heavy atom. The maximum atomic E-state index is 15.0. The molecular weight excluding hydrogens is 657 g/mol. The van der Waals surface area contributed by atoms with Crippen LogP contribution < -0.4 is 16.0 Å². The van der Waals surface area contributed by atoms with E-state index in [0.717, 1.165) is 85.9 Å². The molecule has 3 aromatic carbocycles. The van der Waals surface area contributed by atoms with Gasteiger partial charge in [-0.2, -0.15) is 0 Å². The van der Waals surface area contributed by atoms with E-state index in [1.54, 1.807) is 26.8 Å². The molecule has 52 heavy (non-hydrogen) atoms. The van der Waals surface area contributed by atoms with Crippen LogP contribution in [-0.2, 0) is 4.74 Å². The first-order valence-electron chi connectivity index (χ1n) is 18.8. The van der Waals surface area contributed by atoms with Crippen molar-refractivity contribution < 1.29 is 23.8 Å². The summed E-state index contributed by atoms with van der Waals surface area (Å²) < 4.78 is 20.4. The molecule has 9 nitrogen and oxygen atoms in total. The largest absolute Gasteiger partial charge is 0.444 e. The SMILES string of the molecule is Cc1ccc(N[C@H]2CN(C(=O)OC(C)(C)C)C[C@H]2F)cc1C(=O)N[C@H](C)c1ccc(C#CC2CCN(CC3(O)CCNCC3)CC2)c2ccccc12. The Kier molecular flexibility index (Phi) is 11.4. The molecule has 0 radical (unpaired) electrons. The van der Waals surface area contributed by atoms with E-state index in [1.807, 2.05) is 38.1 Å². The molecule has 3 aliphatic heterocycles. The van der Waals surface area contributed by atoms with Gasteiger partial charge in [0.2, 0.25) is 0 Å². The van der Waals surface area contributed by atoms with Crippen LogP contribution in [0.3, 0.4) is 0 Å². The third-order valence-electron chi connectivity index (χ3n) is 10.6. The summed E-state index contributed by atoms with van der Waals surface area (Å²) in [4.78, 5) is 30.0. The number of hydrogen-bond acceptors (Lipinski definition) is 7. The summed E-state index contributed by atoms with van der Waals surface area (Å²) in [6.07, 6.45) is 1.80. The summed E-state index contributed by atoms with van der Waals surface area (Å²) in [5, 5.41) is 22.8. The highest BCUT2D eigenvalue weighted by Gasteiger charge is 2.37. The lowest BCUT2D eigenvalue weighted by molar-refractivity contribution is -0.0261. The van der Waals surface area contributed by atoms with Gasteiger partial charge in [-0.15, -0.1) is 0 Å². The van der Waals surface area contributed by atoms with E-state index in [1.165, 1.54) is 4.90 Å². The van der Waals surface area contributed by atoms with Gasteiger partial charge in [0.05, 0.1) is 24.2 Å². The monoisotopic (exact) mass is 711 g/mol. The van der Waals surface area contributed by atoms with Crippen LogP contribution in [0.25, 0.3) is 10.8 Å². The molecule has 0 spiro atoms. The van der Waals surface area contributed by atoms with Gasteiger partial charge in [-0.25, -0.2) is 9.18 Å². The molecule has 3 heterocycles. The normalized spacial score (nSPS) is 21.6. The fourth-order valence-corrected chi connectivity index (χ4v) is 7.59. The quantitative estimate of drug-likeness (QED) is 0.217. The number of halogens is 1. The first-order chi connectivity index (χ1) is 24.8. The molecule has 0 unspecified atom stereocenters. The molecule has 3 saturated heterocycles. The Hall–Kier alpha value is -4.17. The summed E-state index contributed by atoms with van der Waals surface area (Å²) in [6.45, 7) is 13.7. The van der Waals surface area contributed by atoms with E-state index in [4.69, 9.17) is 4.74 Å². The van der Waals surface area contributed by atoms with Crippen molar-refractivity contribution in [2.24, 2.45) is 5.92 Å². The number of β-amino-alcohol motifs (C(OH)–C–C–N with tert-alkyl or cyclic N) is 1. The Labute approximate surface area is 307 Å². The molecule has 10 heteroatoms. The Morgan fingerprint density at radius 1 is 1.06 bits per heavy atom. The number of alkyl halides is 1. The maximum Gasteiger partial charge on any atom is 0.410 e. The number of anilines is 1. The second kappa shape index (κ2) is 15.8. The van der Waals surface area contributed by atoms with E-state index < -0.39 is 29.5 Å². The third-order valence-corrected chi connectivity index (χ3v) is 10.6. The van der Waals surface area contributed by atoms with Crippen LogP contribution in [-0.4, -0.2) is 96.1 Å². The van der Waals surface area contributed by atoms with Crippen molar-refractivity contribution in [3.8, 4) is 11.8 Å². The number of fused-ring (bicyclic) bond motifs is 1. The average molecular weight is 712 g/mol. The summed E-state index contributed by atoms with van der Waals surface area (Å²) >= 11 is 0. The van der Waals surface area contributed by atoms with Crippen molar-refractivity contribution in [3.05, 3.63) is 76.9 Å². The summed E-state index contributed by atoms with van der Waals surface area (Å²) in [6, 6.07) is 16.8. The van der Waals surface area contributed by atoms with Crippen LogP contribution in [0.5, 0.6) is 0 Å². The number of amides is 2. The zero-order chi connectivity index (χ0) is 37.0. The molecule has 3 atom stereocenters. The molecule has 2 amide bonds. The number of nitrogens with zero attached hydrogens (tertiary/aromatic N) is 2. The number of carbonyl (C=O) groups excluding carboxylic acids is 2. The number of rotatable bonds is 7. The lowest BCUT2D eigenvalue weighted by Crippen LogP contribution is -2.51. The summed E-state index contributed by atoms with van der Waals surface area (Å²) in [5.41, 5.74) is 2.64. The first kappa shape index (κ1) is 37.6. The Balaban J connectivity index is 1.09. The Morgan fingerprint density at radius 2 is 1.77 bits per heavy atom. The molecule has 3 aliphatic rings. The fourth-order valence-electron chi connectivity index (χ4n) is 7.59. The summed E-state index contributed by atoms with van der Waals surface area (Å²) in [7, 11) is 0. The molecule has 3 aromatic rings. The number of aliphatic hydroxyl groups is 1. The average Bonchev–Trinajstić information content (AvgIpc) is 3.47. The molecule has 0 bridgehead atoms. The number of aryl methyl sites for hydroxylation is 1. The van der Waals surface area contributed by atoms with Crippen LogP contribution >= 0.6 is 0 Å². The minimum atomic E-state index is -1.27. The standard InChI is InChI=1S/C42H54FN5O4/c1-28-10-14-32(46-38-26-48(25-37(38)43)40(50)52-41(3,4)5)24-36(28)39(49)45-29(2)33-15-13-31(34-8-6-7-9-35(33)34)12-11-30-16-22-47(23-17-30)27-42(51)18-20-44-21-19-42/h6-10,13-15,24,29-30,37-38,44,46,51H,16-23,25-27H2,1-5H3,(H,45,49)/t29-,37-,38+/m1/s1. The highest BCUT2D eigenvalue weighted by molar-refractivity contribution is 5.97. The van der Waals surface area contributed by atoms with Gasteiger partial charge in [0.15, 0.2) is 0 Å². The van der Waals surface area contributed by atoms with E-state index in [-0.39, 0.29) is 25.0 Å². The van der Waals surface area contributed by atoms with Crippen molar-refractivity contribution in [2.75, 3.05) is 51.1 Å². The lowest BCUT2D eigenvalue weighted by Gasteiger charge is -2.39. The summed E-state index contributed by atoms with van der Waals surface area (Å²) in [5.74, 6) is 7.13. The Bertz CT molecular complexity index is 1820. The molecule has 3 fully saturated rings. The molecular formula is C42H54FN5O4. The molecule has 0 aliphatic carbocycles. The van der Waals surface area contributed by atoms with Gasteiger partial charge in [-0.1, -0.05) is 48.2 Å².